The van der Waals surface area contributed by atoms with Crippen LogP contribution in [-0.4, -0.2) is 42.1 Å². The molecule has 106 valence electrons. The Morgan fingerprint density at radius 1 is 1.42 bits per heavy atom. The maximum absolute atomic E-state index is 6.05. The Kier molecular flexibility index (Phi) is 5.31. The molecule has 1 aromatic heterocycles. The first-order chi connectivity index (χ1) is 9.19. The van der Waals surface area contributed by atoms with Crippen LogP contribution in [-0.2, 0) is 5.88 Å². The van der Waals surface area contributed by atoms with Gasteiger partial charge in [0.25, 0.3) is 0 Å². The smallest absolute Gasteiger partial charge is 0.128 e. The van der Waals surface area contributed by atoms with Crippen LogP contribution in [0, 0.1) is 0 Å². The summed E-state index contributed by atoms with van der Waals surface area (Å²) in [6.07, 6.45) is 2.90. The summed E-state index contributed by atoms with van der Waals surface area (Å²) in [5, 5.41) is 0.651. The van der Waals surface area contributed by atoms with Gasteiger partial charge in [0.2, 0.25) is 0 Å². The summed E-state index contributed by atoms with van der Waals surface area (Å²) in [4.78, 5) is 9.27. The van der Waals surface area contributed by atoms with Gasteiger partial charge in [-0.3, -0.25) is 4.90 Å². The van der Waals surface area contributed by atoms with Crippen LogP contribution in [0.5, 0.6) is 0 Å². The van der Waals surface area contributed by atoms with E-state index in [1.54, 1.807) is 6.20 Å². The van der Waals surface area contributed by atoms with Crippen molar-refractivity contribution in [1.29, 1.82) is 0 Å². The van der Waals surface area contributed by atoms with Crippen molar-refractivity contribution in [3.05, 3.63) is 22.8 Å². The van der Waals surface area contributed by atoms with Crippen LogP contribution in [0.2, 0.25) is 5.02 Å². The van der Waals surface area contributed by atoms with Gasteiger partial charge in [-0.2, -0.15) is 0 Å². The average Bonchev–Trinajstić information content (AvgIpc) is 2.90. The molecule has 3 nitrogen and oxygen atoms in total. The summed E-state index contributed by atoms with van der Waals surface area (Å²) in [7, 11) is 0. The maximum Gasteiger partial charge on any atom is 0.128 e. The number of hydrogen-bond donors (Lipinski definition) is 0. The Balaban J connectivity index is 2.08. The van der Waals surface area contributed by atoms with Gasteiger partial charge in [0.05, 0.1) is 5.02 Å². The zero-order valence-corrected chi connectivity index (χ0v) is 13.1. The SMILES string of the molecule is CCN(CC)C1CCN(c2cc(CCl)c(Cl)cn2)C1. The number of alkyl halides is 1. The quantitative estimate of drug-likeness (QED) is 0.777. The molecule has 1 aliphatic rings. The van der Waals surface area contributed by atoms with Crippen molar-refractivity contribution in [2.75, 3.05) is 31.1 Å². The molecule has 0 N–H and O–H groups in total. The summed E-state index contributed by atoms with van der Waals surface area (Å²) in [6, 6.07) is 2.65. The highest BCUT2D eigenvalue weighted by atomic mass is 35.5. The number of hydrogen-bond acceptors (Lipinski definition) is 3. The summed E-state index contributed by atoms with van der Waals surface area (Å²) in [5.41, 5.74) is 0.958. The molecule has 0 aromatic carbocycles. The largest absolute Gasteiger partial charge is 0.355 e. The zero-order chi connectivity index (χ0) is 13.8. The third kappa shape index (κ3) is 3.33. The van der Waals surface area contributed by atoms with Crippen molar-refractivity contribution in [2.45, 2.75) is 32.2 Å². The lowest BCUT2D eigenvalue weighted by atomic mass is 10.2. The fourth-order valence-corrected chi connectivity index (χ4v) is 3.19. The predicted molar refractivity (Wildman–Crippen MR) is 82.3 cm³/mol. The van der Waals surface area contributed by atoms with E-state index in [2.05, 4.69) is 28.6 Å². The molecule has 0 radical (unpaired) electrons. The molecular weight excluding hydrogens is 281 g/mol. The lowest BCUT2D eigenvalue weighted by molar-refractivity contribution is 0.232. The Hall–Kier alpha value is -0.510. The maximum atomic E-state index is 6.05. The predicted octanol–water partition coefficient (Wildman–Crippen LogP) is 3.39. The minimum Gasteiger partial charge on any atom is -0.355 e. The molecule has 2 heterocycles. The molecule has 1 fully saturated rings. The Morgan fingerprint density at radius 3 is 2.79 bits per heavy atom. The van der Waals surface area contributed by atoms with Crippen LogP contribution in [0.25, 0.3) is 0 Å². The second-order valence-electron chi connectivity index (χ2n) is 4.88. The summed E-state index contributed by atoms with van der Waals surface area (Å²) >= 11 is 11.9. The Morgan fingerprint density at radius 2 is 2.16 bits per heavy atom. The van der Waals surface area contributed by atoms with Crippen LogP contribution >= 0.6 is 23.2 Å². The molecule has 0 bridgehead atoms. The van der Waals surface area contributed by atoms with Crippen molar-refractivity contribution in [2.24, 2.45) is 0 Å². The topological polar surface area (TPSA) is 19.4 Å². The molecule has 0 amide bonds. The second kappa shape index (κ2) is 6.78. The third-order valence-electron chi connectivity index (χ3n) is 3.88. The van der Waals surface area contributed by atoms with Gasteiger partial charge < -0.3 is 4.90 Å². The number of anilines is 1. The lowest BCUT2D eigenvalue weighted by Gasteiger charge is -2.26. The highest BCUT2D eigenvalue weighted by Gasteiger charge is 2.27. The Bertz CT molecular complexity index is 421. The minimum atomic E-state index is 0.432. The van der Waals surface area contributed by atoms with E-state index >= 15 is 0 Å². The van der Waals surface area contributed by atoms with Gasteiger partial charge in [-0.25, -0.2) is 4.98 Å². The third-order valence-corrected chi connectivity index (χ3v) is 4.51. The van der Waals surface area contributed by atoms with E-state index in [1.165, 1.54) is 6.42 Å². The standard InChI is InChI=1S/C14H21Cl2N3/c1-3-18(4-2)12-5-6-19(10-12)14-7-11(8-15)13(16)9-17-14/h7,9,12H,3-6,8,10H2,1-2H3. The number of aromatic nitrogens is 1. The highest BCUT2D eigenvalue weighted by molar-refractivity contribution is 6.32. The molecule has 0 spiro atoms. The average molecular weight is 302 g/mol. The molecule has 1 atom stereocenters. The second-order valence-corrected chi connectivity index (χ2v) is 5.55. The van der Waals surface area contributed by atoms with E-state index in [4.69, 9.17) is 23.2 Å². The molecule has 0 aliphatic carbocycles. The van der Waals surface area contributed by atoms with Crippen molar-refractivity contribution < 1.29 is 0 Å². The molecule has 1 unspecified atom stereocenters. The molecule has 1 aliphatic heterocycles. The lowest BCUT2D eigenvalue weighted by Crippen LogP contribution is -2.37. The number of nitrogens with zero attached hydrogens (tertiary/aromatic N) is 3. The van der Waals surface area contributed by atoms with E-state index in [-0.39, 0.29) is 0 Å². The zero-order valence-electron chi connectivity index (χ0n) is 11.6. The van der Waals surface area contributed by atoms with Gasteiger partial charge in [-0.1, -0.05) is 25.4 Å². The number of likely N-dealkylation sites (N-methyl/N-ethyl adjacent to an activating group) is 1. The van der Waals surface area contributed by atoms with Gasteiger partial charge in [-0.05, 0) is 31.1 Å². The summed E-state index contributed by atoms with van der Waals surface area (Å²) in [6.45, 7) is 8.75. The molecular formula is C14H21Cl2N3. The van der Waals surface area contributed by atoms with Gasteiger partial charge in [0.1, 0.15) is 5.82 Å². The van der Waals surface area contributed by atoms with Crippen molar-refractivity contribution in [3.63, 3.8) is 0 Å². The summed E-state index contributed by atoms with van der Waals surface area (Å²) in [5.74, 6) is 1.43. The fraction of sp³-hybridized carbons (Fsp3) is 0.643. The fourth-order valence-electron chi connectivity index (χ4n) is 2.73. The molecule has 2 rings (SSSR count). The van der Waals surface area contributed by atoms with E-state index in [9.17, 15) is 0 Å². The minimum absolute atomic E-state index is 0.432. The first-order valence-electron chi connectivity index (χ1n) is 6.89. The van der Waals surface area contributed by atoms with Crippen molar-refractivity contribution in [3.8, 4) is 0 Å². The molecule has 19 heavy (non-hydrogen) atoms. The normalized spacial score (nSPS) is 19.4. The van der Waals surface area contributed by atoms with Gasteiger partial charge >= 0.3 is 0 Å². The van der Waals surface area contributed by atoms with Crippen LogP contribution in [0.15, 0.2) is 12.3 Å². The number of pyridine rings is 1. The van der Waals surface area contributed by atoms with E-state index < -0.39 is 0 Å². The van der Waals surface area contributed by atoms with Gasteiger partial charge in [0.15, 0.2) is 0 Å². The van der Waals surface area contributed by atoms with E-state index in [0.717, 1.165) is 37.6 Å². The first kappa shape index (κ1) is 14.9. The van der Waals surface area contributed by atoms with Crippen LogP contribution in [0.1, 0.15) is 25.8 Å². The van der Waals surface area contributed by atoms with Crippen molar-refractivity contribution >= 4 is 29.0 Å². The molecule has 1 aromatic rings. The molecule has 5 heteroatoms. The number of halogens is 2. The number of rotatable bonds is 5. The first-order valence-corrected chi connectivity index (χ1v) is 7.80. The van der Waals surface area contributed by atoms with Crippen LogP contribution in [0.4, 0.5) is 5.82 Å². The van der Waals surface area contributed by atoms with Crippen LogP contribution in [0.3, 0.4) is 0 Å². The molecule has 0 saturated carbocycles. The monoisotopic (exact) mass is 301 g/mol. The van der Waals surface area contributed by atoms with Crippen LogP contribution < -0.4 is 4.90 Å². The van der Waals surface area contributed by atoms with Crippen molar-refractivity contribution in [1.82, 2.24) is 9.88 Å². The summed E-state index contributed by atoms with van der Waals surface area (Å²) < 4.78 is 0. The van der Waals surface area contributed by atoms with E-state index in [0.29, 0.717) is 16.9 Å². The Labute approximate surface area is 125 Å². The van der Waals surface area contributed by atoms with Gasteiger partial charge in [0, 0.05) is 31.2 Å². The highest BCUT2D eigenvalue weighted by Crippen LogP contribution is 2.25. The van der Waals surface area contributed by atoms with Gasteiger partial charge in [-0.15, -0.1) is 11.6 Å². The van der Waals surface area contributed by atoms with E-state index in [1.807, 2.05) is 6.07 Å². The molecule has 1 saturated heterocycles.